The van der Waals surface area contributed by atoms with E-state index in [1.165, 1.54) is 24.2 Å². The molecule has 1 atom stereocenters. The summed E-state index contributed by atoms with van der Waals surface area (Å²) in [4.78, 5) is 25.2. The number of ether oxygens (including phenoxy) is 1. The fourth-order valence-electron chi connectivity index (χ4n) is 4.32. The zero-order valence-corrected chi connectivity index (χ0v) is 21.0. The monoisotopic (exact) mass is 489 g/mol. The Morgan fingerprint density at radius 2 is 2.09 bits per heavy atom. The molecule has 3 N–H and O–H groups in total. The first-order valence-corrected chi connectivity index (χ1v) is 12.9. The van der Waals surface area contributed by atoms with Crippen LogP contribution in [0, 0.1) is 12.8 Å². The number of pyridine rings is 1. The predicted molar refractivity (Wildman–Crippen MR) is 144 cm³/mol. The number of thiophene rings is 1. The van der Waals surface area contributed by atoms with E-state index in [4.69, 9.17) is 15.5 Å². The minimum atomic E-state index is -0.0285. The Balaban J connectivity index is 1.44. The van der Waals surface area contributed by atoms with Gasteiger partial charge in [0.15, 0.2) is 5.82 Å². The van der Waals surface area contributed by atoms with Crippen LogP contribution in [-0.2, 0) is 4.74 Å². The van der Waals surface area contributed by atoms with Crippen LogP contribution in [0.25, 0.3) is 15.9 Å². The van der Waals surface area contributed by atoms with Crippen LogP contribution in [0.3, 0.4) is 0 Å². The van der Waals surface area contributed by atoms with Gasteiger partial charge >= 0.3 is 0 Å². The molecule has 2 aliphatic rings. The summed E-state index contributed by atoms with van der Waals surface area (Å²) in [6, 6.07) is 12.1. The fraction of sp³-hybridized carbons (Fsp3) is 0.370. The minimum Gasteiger partial charge on any atom is -0.398 e. The lowest BCUT2D eigenvalue weighted by atomic mass is 10.1. The minimum absolute atomic E-state index is 0.0285. The van der Waals surface area contributed by atoms with Gasteiger partial charge < -0.3 is 20.7 Å². The van der Waals surface area contributed by atoms with Gasteiger partial charge in [-0.15, -0.1) is 11.3 Å². The average molecular weight is 490 g/mol. The highest BCUT2D eigenvalue weighted by Crippen LogP contribution is 2.37. The third kappa shape index (κ3) is 5.55. The number of amides is 1. The van der Waals surface area contributed by atoms with E-state index in [-0.39, 0.29) is 11.9 Å². The lowest BCUT2D eigenvalue weighted by Crippen LogP contribution is -2.36. The van der Waals surface area contributed by atoms with Crippen molar-refractivity contribution in [2.24, 2.45) is 16.6 Å². The quantitative estimate of drug-likeness (QED) is 0.471. The Bertz CT molecular complexity index is 1290. The van der Waals surface area contributed by atoms with Gasteiger partial charge in [0.2, 0.25) is 0 Å². The molecule has 2 aromatic heterocycles. The summed E-state index contributed by atoms with van der Waals surface area (Å²) in [5, 5.41) is 3.16. The number of nitrogens with zero attached hydrogens (tertiary/aromatic N) is 3. The van der Waals surface area contributed by atoms with E-state index in [0.717, 1.165) is 40.1 Å². The Labute approximate surface area is 209 Å². The molecule has 3 aromatic rings. The maximum absolute atomic E-state index is 12.9. The molecule has 7 nitrogen and oxygen atoms in total. The summed E-state index contributed by atoms with van der Waals surface area (Å²) in [6.45, 7) is 7.06. The lowest BCUT2D eigenvalue weighted by molar-refractivity contribution is 0.0940. The first-order chi connectivity index (χ1) is 17.0. The summed E-state index contributed by atoms with van der Waals surface area (Å²) in [6.07, 6.45) is 5.87. The Morgan fingerprint density at radius 1 is 1.29 bits per heavy atom. The highest BCUT2D eigenvalue weighted by Gasteiger charge is 2.29. The van der Waals surface area contributed by atoms with Gasteiger partial charge in [0.1, 0.15) is 0 Å². The maximum atomic E-state index is 12.9. The number of hydrogen-bond acceptors (Lipinski definition) is 7. The smallest absolute Gasteiger partial charge is 0.261 e. The fourth-order valence-corrected chi connectivity index (χ4v) is 5.36. The van der Waals surface area contributed by atoms with Crippen molar-refractivity contribution in [1.29, 1.82) is 0 Å². The van der Waals surface area contributed by atoms with E-state index in [1.807, 2.05) is 43.3 Å². The number of rotatable bonds is 7. The number of carbonyl (C=O) groups is 1. The number of hydrogen-bond donors (Lipinski definition) is 2. The van der Waals surface area contributed by atoms with Crippen molar-refractivity contribution in [3.63, 3.8) is 0 Å². The molecule has 35 heavy (non-hydrogen) atoms. The van der Waals surface area contributed by atoms with Gasteiger partial charge in [0.05, 0.1) is 34.0 Å². The molecule has 0 radical (unpaired) electrons. The molecule has 8 heteroatoms. The highest BCUT2D eigenvalue weighted by atomic mass is 32.1. The molecule has 5 rings (SSSR count). The molecule has 1 amide bonds. The normalized spacial score (nSPS) is 17.8. The first-order valence-electron chi connectivity index (χ1n) is 12.1. The molecule has 1 aromatic carbocycles. The number of aromatic nitrogens is 1. The van der Waals surface area contributed by atoms with Gasteiger partial charge in [0, 0.05) is 37.1 Å². The zero-order chi connectivity index (χ0) is 24.4. The van der Waals surface area contributed by atoms with Crippen LogP contribution in [0.15, 0.2) is 47.5 Å². The first kappa shape index (κ1) is 23.5. The lowest BCUT2D eigenvalue weighted by Gasteiger charge is -2.29. The molecule has 1 aliphatic heterocycles. The van der Waals surface area contributed by atoms with Crippen molar-refractivity contribution in [3.8, 4) is 0 Å². The van der Waals surface area contributed by atoms with Crippen LogP contribution >= 0.6 is 11.3 Å². The molecule has 1 unspecified atom stereocenters. The number of morpholine rings is 1. The van der Waals surface area contributed by atoms with Crippen LogP contribution < -0.4 is 16.0 Å². The van der Waals surface area contributed by atoms with Crippen molar-refractivity contribution in [3.05, 3.63) is 58.5 Å². The van der Waals surface area contributed by atoms with Gasteiger partial charge in [-0.3, -0.25) is 4.79 Å². The second-order valence-corrected chi connectivity index (χ2v) is 10.3. The number of fused-ring (bicyclic) bond motifs is 1. The second-order valence-electron chi connectivity index (χ2n) is 9.29. The maximum Gasteiger partial charge on any atom is 0.261 e. The third-order valence-electron chi connectivity index (χ3n) is 6.52. The van der Waals surface area contributed by atoms with E-state index < -0.39 is 0 Å². The van der Waals surface area contributed by atoms with Gasteiger partial charge in [-0.05, 0) is 56.4 Å². The summed E-state index contributed by atoms with van der Waals surface area (Å²) >= 11 is 1.49. The molecule has 182 valence electrons. The van der Waals surface area contributed by atoms with Gasteiger partial charge in [-0.2, -0.15) is 0 Å². The van der Waals surface area contributed by atoms with E-state index in [2.05, 4.69) is 22.1 Å². The average Bonchev–Trinajstić information content (AvgIpc) is 3.63. The summed E-state index contributed by atoms with van der Waals surface area (Å²) in [5.41, 5.74) is 10.8. The predicted octanol–water partition coefficient (Wildman–Crippen LogP) is 4.67. The molecule has 0 spiro atoms. The molecule has 0 bridgehead atoms. The van der Waals surface area contributed by atoms with Crippen LogP contribution in [0.2, 0.25) is 0 Å². The molecular weight excluding hydrogens is 458 g/mol. The Morgan fingerprint density at radius 3 is 2.83 bits per heavy atom. The van der Waals surface area contributed by atoms with Crippen molar-refractivity contribution in [2.45, 2.75) is 32.7 Å². The number of aliphatic imine (C=N–C) groups is 1. The molecule has 1 aliphatic carbocycles. The number of anilines is 1. The van der Waals surface area contributed by atoms with Crippen LogP contribution in [0.1, 0.15) is 40.6 Å². The highest BCUT2D eigenvalue weighted by molar-refractivity contribution is 7.21. The number of aryl methyl sites for hydroxylation is 1. The molecule has 1 saturated carbocycles. The third-order valence-corrected chi connectivity index (χ3v) is 7.67. The number of nitrogens with two attached hydrogens (primary N) is 1. The van der Waals surface area contributed by atoms with Crippen molar-refractivity contribution < 1.29 is 9.53 Å². The topological polar surface area (TPSA) is 92.8 Å². The number of carbonyl (C=O) groups excluding carboxylic acids is 1. The molecular formula is C27H31N5O2S. The van der Waals surface area contributed by atoms with E-state index in [1.54, 1.807) is 12.3 Å². The zero-order valence-electron chi connectivity index (χ0n) is 20.2. The van der Waals surface area contributed by atoms with Crippen LogP contribution in [-0.4, -0.2) is 49.5 Å². The van der Waals surface area contributed by atoms with Crippen LogP contribution in [0.5, 0.6) is 0 Å². The SMILES string of the molecule is Cc1cccc(/C(N)=C/C=Nc2cc(N3CCOCC3)c3sc(C(=O)NC(C)C4CC4)cc3n2)c1. The van der Waals surface area contributed by atoms with Crippen molar-refractivity contribution >= 4 is 50.9 Å². The largest absolute Gasteiger partial charge is 0.398 e. The van der Waals surface area contributed by atoms with E-state index >= 15 is 0 Å². The second kappa shape index (κ2) is 10.2. The van der Waals surface area contributed by atoms with Crippen molar-refractivity contribution in [1.82, 2.24) is 10.3 Å². The standard InChI is InChI=1S/C27H31N5O2S/c1-17-4-3-5-20(14-17)21(28)8-9-29-25-16-23(32-10-12-34-13-11-32)26-22(31-25)15-24(35-26)27(33)30-18(2)19-6-7-19/h3-5,8-9,14-16,18-19H,6-7,10-13,28H2,1-2H3,(H,30,33)/b21-8-,29-9?. The van der Waals surface area contributed by atoms with Gasteiger partial charge in [-0.1, -0.05) is 23.8 Å². The van der Waals surface area contributed by atoms with Gasteiger partial charge in [0.25, 0.3) is 5.91 Å². The van der Waals surface area contributed by atoms with E-state index in [9.17, 15) is 4.79 Å². The molecule has 2 fully saturated rings. The number of benzene rings is 1. The Kier molecular flexibility index (Phi) is 6.83. The Hall–Kier alpha value is -3.23. The summed E-state index contributed by atoms with van der Waals surface area (Å²) in [5.74, 6) is 1.17. The summed E-state index contributed by atoms with van der Waals surface area (Å²) in [7, 11) is 0. The summed E-state index contributed by atoms with van der Waals surface area (Å²) < 4.78 is 6.56. The van der Waals surface area contributed by atoms with Crippen LogP contribution in [0.4, 0.5) is 11.5 Å². The number of allylic oxidation sites excluding steroid dienone is 1. The van der Waals surface area contributed by atoms with Gasteiger partial charge in [-0.25, -0.2) is 9.98 Å². The van der Waals surface area contributed by atoms with E-state index in [0.29, 0.717) is 35.5 Å². The molecule has 1 saturated heterocycles. The number of nitrogens with one attached hydrogen (secondary N) is 1. The molecule has 3 heterocycles. The van der Waals surface area contributed by atoms with Crippen molar-refractivity contribution in [2.75, 3.05) is 31.2 Å².